The molecule has 2 aromatic rings. The quantitative estimate of drug-likeness (QED) is 0.854. The van der Waals surface area contributed by atoms with Gasteiger partial charge in [-0.25, -0.2) is 0 Å². The summed E-state index contributed by atoms with van der Waals surface area (Å²) in [4.78, 5) is 23.6. The summed E-state index contributed by atoms with van der Waals surface area (Å²) in [5.74, 6) is -0.626. The summed E-state index contributed by atoms with van der Waals surface area (Å²) in [6, 6.07) is 12.5. The second-order valence-corrected chi connectivity index (χ2v) is 5.76. The lowest BCUT2D eigenvalue weighted by Gasteiger charge is -2.23. The first kappa shape index (κ1) is 17.8. The first-order chi connectivity index (χ1) is 12.5. The molecular formula is C19H19NO6. The highest BCUT2D eigenvalue weighted by atomic mass is 16.5. The number of hydrogen-bond donors (Lipinski definition) is 2. The number of para-hydroxylation sites is 2. The zero-order valence-corrected chi connectivity index (χ0v) is 14.4. The molecule has 7 nitrogen and oxygen atoms in total. The van der Waals surface area contributed by atoms with Crippen molar-refractivity contribution >= 4 is 17.6 Å². The van der Waals surface area contributed by atoms with Crippen LogP contribution in [0.2, 0.25) is 0 Å². The number of benzene rings is 2. The molecular weight excluding hydrogens is 338 g/mol. The summed E-state index contributed by atoms with van der Waals surface area (Å²) < 4.78 is 16.8. The molecule has 136 valence electrons. The van der Waals surface area contributed by atoms with E-state index in [1.807, 2.05) is 12.1 Å². The van der Waals surface area contributed by atoms with Gasteiger partial charge >= 0.3 is 5.97 Å². The van der Waals surface area contributed by atoms with E-state index >= 15 is 0 Å². The third-order valence-electron chi connectivity index (χ3n) is 4.17. The zero-order valence-electron chi connectivity index (χ0n) is 14.4. The van der Waals surface area contributed by atoms with Crippen LogP contribution in [0.3, 0.4) is 0 Å². The Labute approximate surface area is 150 Å². The van der Waals surface area contributed by atoms with Crippen LogP contribution < -0.4 is 14.8 Å². The van der Waals surface area contributed by atoms with E-state index in [2.05, 4.69) is 5.32 Å². The number of carbonyl (C=O) groups is 2. The van der Waals surface area contributed by atoms with Crippen LogP contribution in [0.15, 0.2) is 42.5 Å². The Hall–Kier alpha value is -3.06. The van der Waals surface area contributed by atoms with Crippen molar-refractivity contribution in [3.63, 3.8) is 0 Å². The highest BCUT2D eigenvalue weighted by molar-refractivity contribution is 5.97. The fourth-order valence-corrected chi connectivity index (χ4v) is 3.01. The first-order valence-electron chi connectivity index (χ1n) is 8.03. The van der Waals surface area contributed by atoms with E-state index in [1.54, 1.807) is 30.3 Å². The van der Waals surface area contributed by atoms with E-state index in [1.165, 1.54) is 14.2 Å². The topological polar surface area (TPSA) is 94.1 Å². The number of methoxy groups -OCH3 is 2. The summed E-state index contributed by atoms with van der Waals surface area (Å²) in [7, 11) is 3.05. The monoisotopic (exact) mass is 357 g/mol. The van der Waals surface area contributed by atoms with Crippen LogP contribution in [0.5, 0.6) is 11.5 Å². The minimum Gasteiger partial charge on any atom is -0.493 e. The van der Waals surface area contributed by atoms with Gasteiger partial charge in [-0.1, -0.05) is 30.3 Å². The summed E-state index contributed by atoms with van der Waals surface area (Å²) in [5.41, 5.74) is 1.92. The molecule has 7 heteroatoms. The molecule has 0 saturated heterocycles. The minimum absolute atomic E-state index is 0.442. The Balaban J connectivity index is 2.14. The second-order valence-electron chi connectivity index (χ2n) is 5.76. The van der Waals surface area contributed by atoms with E-state index in [0.29, 0.717) is 28.3 Å². The molecule has 0 radical (unpaired) electrons. The average Bonchev–Trinajstić information content (AvgIpc) is 2.77. The maximum atomic E-state index is 12.4. The molecule has 3 rings (SSSR count). The molecule has 2 atom stereocenters. The van der Waals surface area contributed by atoms with Crippen LogP contribution in [0.4, 0.5) is 5.69 Å². The number of carbonyl (C=O) groups excluding carboxylic acids is 1. The third kappa shape index (κ3) is 3.34. The first-order valence-corrected chi connectivity index (χ1v) is 8.03. The molecule has 0 saturated carbocycles. The van der Waals surface area contributed by atoms with E-state index in [-0.39, 0.29) is 0 Å². The van der Waals surface area contributed by atoms with E-state index < -0.39 is 30.5 Å². The molecule has 1 aliphatic rings. The van der Waals surface area contributed by atoms with Crippen molar-refractivity contribution in [3.8, 4) is 11.5 Å². The number of hydrogen-bond acceptors (Lipinski definition) is 5. The Morgan fingerprint density at radius 1 is 1.12 bits per heavy atom. The number of aliphatic carboxylic acids is 1. The second kappa shape index (κ2) is 7.45. The highest BCUT2D eigenvalue weighted by Gasteiger charge is 2.34. The summed E-state index contributed by atoms with van der Waals surface area (Å²) in [6.07, 6.45) is -2.27. The molecule has 2 unspecified atom stereocenters. The standard InChI is InChI=1S/C19H19NO6/c1-24-14-9-5-7-12(18(14)25-2)17-11-6-3-4-8-13(11)20-19(23)15(26-17)10-16(21)22/h3-9,15,17H,10H2,1-2H3,(H,20,23)(H,21,22). The van der Waals surface area contributed by atoms with Crippen molar-refractivity contribution < 1.29 is 28.9 Å². The molecule has 0 aromatic heterocycles. The Bertz CT molecular complexity index is 835. The van der Waals surface area contributed by atoms with Gasteiger partial charge in [0.25, 0.3) is 5.91 Å². The van der Waals surface area contributed by atoms with Gasteiger partial charge in [0.1, 0.15) is 12.2 Å². The largest absolute Gasteiger partial charge is 0.493 e. The van der Waals surface area contributed by atoms with Gasteiger partial charge in [0.15, 0.2) is 11.5 Å². The lowest BCUT2D eigenvalue weighted by Crippen LogP contribution is -2.31. The average molecular weight is 357 g/mol. The molecule has 26 heavy (non-hydrogen) atoms. The van der Waals surface area contributed by atoms with Crippen molar-refractivity contribution in [1.29, 1.82) is 0 Å². The van der Waals surface area contributed by atoms with E-state index in [4.69, 9.17) is 19.3 Å². The minimum atomic E-state index is -1.14. The third-order valence-corrected chi connectivity index (χ3v) is 4.17. The van der Waals surface area contributed by atoms with Gasteiger partial charge in [0.2, 0.25) is 0 Å². The van der Waals surface area contributed by atoms with E-state index in [0.717, 1.165) is 0 Å². The number of fused-ring (bicyclic) bond motifs is 1. The normalized spacial score (nSPS) is 19.1. The van der Waals surface area contributed by atoms with Crippen molar-refractivity contribution in [2.75, 3.05) is 19.5 Å². The number of rotatable bonds is 5. The molecule has 2 N–H and O–H groups in total. The van der Waals surface area contributed by atoms with Gasteiger partial charge < -0.3 is 24.6 Å². The predicted molar refractivity (Wildman–Crippen MR) is 93.6 cm³/mol. The van der Waals surface area contributed by atoms with Crippen molar-refractivity contribution in [1.82, 2.24) is 0 Å². The fourth-order valence-electron chi connectivity index (χ4n) is 3.01. The molecule has 0 aliphatic carbocycles. The van der Waals surface area contributed by atoms with Gasteiger partial charge in [-0.3, -0.25) is 9.59 Å². The summed E-state index contributed by atoms with van der Waals surface area (Å²) >= 11 is 0. The lowest BCUT2D eigenvalue weighted by molar-refractivity contribution is -0.146. The molecule has 1 amide bonds. The van der Waals surface area contributed by atoms with Crippen LogP contribution in [0.1, 0.15) is 23.7 Å². The zero-order chi connectivity index (χ0) is 18.7. The Morgan fingerprint density at radius 2 is 1.85 bits per heavy atom. The number of amides is 1. The van der Waals surface area contributed by atoms with Gasteiger partial charge in [0, 0.05) is 16.8 Å². The van der Waals surface area contributed by atoms with E-state index in [9.17, 15) is 9.59 Å². The number of anilines is 1. The smallest absolute Gasteiger partial charge is 0.306 e. The van der Waals surface area contributed by atoms with Crippen LogP contribution in [0, 0.1) is 0 Å². The van der Waals surface area contributed by atoms with Gasteiger partial charge in [-0.15, -0.1) is 0 Å². The Kier molecular flexibility index (Phi) is 5.09. The molecule has 1 heterocycles. The molecule has 0 spiro atoms. The van der Waals surface area contributed by atoms with Crippen molar-refractivity contribution in [3.05, 3.63) is 53.6 Å². The fraction of sp³-hybridized carbons (Fsp3) is 0.263. The maximum absolute atomic E-state index is 12.4. The van der Waals surface area contributed by atoms with Crippen LogP contribution in [-0.2, 0) is 14.3 Å². The number of ether oxygens (including phenoxy) is 3. The lowest BCUT2D eigenvalue weighted by atomic mass is 9.98. The SMILES string of the molecule is COc1cccc(C2OC(CC(=O)O)C(=O)Nc3ccccc32)c1OC. The molecule has 2 aromatic carbocycles. The van der Waals surface area contributed by atoms with Gasteiger partial charge in [0.05, 0.1) is 20.6 Å². The van der Waals surface area contributed by atoms with Crippen LogP contribution in [0.25, 0.3) is 0 Å². The highest BCUT2D eigenvalue weighted by Crippen LogP contribution is 2.42. The maximum Gasteiger partial charge on any atom is 0.306 e. The number of nitrogens with one attached hydrogen (secondary N) is 1. The molecule has 1 aliphatic heterocycles. The number of carboxylic acid groups (broad SMARTS) is 1. The summed E-state index contributed by atoms with van der Waals surface area (Å²) in [6.45, 7) is 0. The van der Waals surface area contributed by atoms with Crippen LogP contribution in [-0.4, -0.2) is 37.3 Å². The van der Waals surface area contributed by atoms with Crippen molar-refractivity contribution in [2.45, 2.75) is 18.6 Å². The van der Waals surface area contributed by atoms with Gasteiger partial charge in [-0.05, 0) is 12.1 Å². The molecule has 0 bridgehead atoms. The molecule has 0 fully saturated rings. The Morgan fingerprint density at radius 3 is 2.54 bits per heavy atom. The summed E-state index contributed by atoms with van der Waals surface area (Å²) in [5, 5.41) is 11.9. The number of carboxylic acids is 1. The van der Waals surface area contributed by atoms with Gasteiger partial charge in [-0.2, -0.15) is 0 Å². The van der Waals surface area contributed by atoms with Crippen LogP contribution >= 0.6 is 0 Å². The predicted octanol–water partition coefficient (Wildman–Crippen LogP) is 2.61. The van der Waals surface area contributed by atoms with Crippen molar-refractivity contribution in [2.24, 2.45) is 0 Å².